The van der Waals surface area contributed by atoms with E-state index in [1.54, 1.807) is 18.4 Å². The van der Waals surface area contributed by atoms with E-state index in [1.807, 2.05) is 24.3 Å². The van der Waals surface area contributed by atoms with Crippen LogP contribution in [0.3, 0.4) is 0 Å². The standard InChI is InChI=1S/C16H19Cl2NOS/c1-20-8-7-19-11-13(10-15-5-6-16(18)21-15)12-3-2-4-14(17)9-12/h2-6,9,13,19H,7-8,10-11H2,1H3. The summed E-state index contributed by atoms with van der Waals surface area (Å²) in [5, 5.41) is 4.21. The van der Waals surface area contributed by atoms with E-state index in [9.17, 15) is 0 Å². The van der Waals surface area contributed by atoms with Crippen LogP contribution in [0.15, 0.2) is 36.4 Å². The van der Waals surface area contributed by atoms with Gasteiger partial charge in [-0.2, -0.15) is 0 Å². The van der Waals surface area contributed by atoms with Crippen LogP contribution in [-0.2, 0) is 11.2 Å². The van der Waals surface area contributed by atoms with Gasteiger partial charge in [0.25, 0.3) is 0 Å². The van der Waals surface area contributed by atoms with Crippen LogP contribution >= 0.6 is 34.5 Å². The lowest BCUT2D eigenvalue weighted by Crippen LogP contribution is -2.26. The van der Waals surface area contributed by atoms with Gasteiger partial charge in [-0.3, -0.25) is 0 Å². The molecule has 1 aromatic carbocycles. The molecule has 0 aliphatic heterocycles. The molecular formula is C16H19Cl2NOS. The molecule has 1 N–H and O–H groups in total. The highest BCUT2D eigenvalue weighted by Crippen LogP contribution is 2.28. The van der Waals surface area contributed by atoms with Crippen LogP contribution in [0.5, 0.6) is 0 Å². The first-order valence-electron chi connectivity index (χ1n) is 6.88. The number of nitrogens with one attached hydrogen (secondary N) is 1. The molecule has 1 unspecified atom stereocenters. The first-order chi connectivity index (χ1) is 10.2. The van der Waals surface area contributed by atoms with Gasteiger partial charge in [0, 0.05) is 36.0 Å². The summed E-state index contributed by atoms with van der Waals surface area (Å²) in [7, 11) is 1.71. The van der Waals surface area contributed by atoms with Crippen LogP contribution in [0, 0.1) is 0 Å². The molecule has 2 nitrogen and oxygen atoms in total. The number of benzene rings is 1. The molecule has 0 saturated carbocycles. The van der Waals surface area contributed by atoms with Crippen molar-refractivity contribution in [1.29, 1.82) is 0 Å². The normalized spacial score (nSPS) is 12.5. The number of hydrogen-bond acceptors (Lipinski definition) is 3. The van der Waals surface area contributed by atoms with Crippen molar-refractivity contribution in [3.63, 3.8) is 0 Å². The Kier molecular flexibility index (Phi) is 7.00. The summed E-state index contributed by atoms with van der Waals surface area (Å²) < 4.78 is 5.91. The summed E-state index contributed by atoms with van der Waals surface area (Å²) in [6.07, 6.45) is 0.956. The van der Waals surface area contributed by atoms with E-state index in [-0.39, 0.29) is 0 Å². The molecule has 21 heavy (non-hydrogen) atoms. The molecule has 0 radical (unpaired) electrons. The van der Waals surface area contributed by atoms with Gasteiger partial charge in [-0.15, -0.1) is 11.3 Å². The Morgan fingerprint density at radius 2 is 2.10 bits per heavy atom. The number of ether oxygens (including phenoxy) is 1. The Bertz CT molecular complexity index is 559. The molecule has 0 amide bonds. The Morgan fingerprint density at radius 3 is 2.76 bits per heavy atom. The SMILES string of the molecule is COCCNCC(Cc1ccc(Cl)s1)c1cccc(Cl)c1. The third kappa shape index (κ3) is 5.61. The van der Waals surface area contributed by atoms with Crippen molar-refractivity contribution >= 4 is 34.5 Å². The number of methoxy groups -OCH3 is 1. The van der Waals surface area contributed by atoms with Crippen LogP contribution in [-0.4, -0.2) is 26.8 Å². The second-order valence-corrected chi connectivity index (χ2v) is 7.09. The summed E-state index contributed by atoms with van der Waals surface area (Å²) in [6.45, 7) is 2.45. The highest BCUT2D eigenvalue weighted by atomic mass is 35.5. The van der Waals surface area contributed by atoms with Crippen molar-refractivity contribution in [1.82, 2.24) is 5.32 Å². The monoisotopic (exact) mass is 343 g/mol. The van der Waals surface area contributed by atoms with Gasteiger partial charge >= 0.3 is 0 Å². The van der Waals surface area contributed by atoms with Crippen molar-refractivity contribution in [2.24, 2.45) is 0 Å². The fourth-order valence-electron chi connectivity index (χ4n) is 2.22. The molecule has 0 aliphatic rings. The lowest BCUT2D eigenvalue weighted by Gasteiger charge is -2.18. The minimum absolute atomic E-state index is 0.371. The predicted octanol–water partition coefficient (Wildman–Crippen LogP) is 4.62. The van der Waals surface area contributed by atoms with Crippen LogP contribution in [0.25, 0.3) is 0 Å². The molecule has 1 atom stereocenters. The second kappa shape index (κ2) is 8.76. The van der Waals surface area contributed by atoms with Gasteiger partial charge in [-0.05, 0) is 36.2 Å². The van der Waals surface area contributed by atoms with E-state index >= 15 is 0 Å². The molecule has 2 aromatic rings. The molecular weight excluding hydrogens is 325 g/mol. The van der Waals surface area contributed by atoms with Crippen molar-refractivity contribution in [2.75, 3.05) is 26.8 Å². The van der Waals surface area contributed by atoms with Gasteiger partial charge in [-0.1, -0.05) is 35.3 Å². The van der Waals surface area contributed by atoms with Crippen LogP contribution in [0.1, 0.15) is 16.4 Å². The van der Waals surface area contributed by atoms with E-state index in [4.69, 9.17) is 27.9 Å². The van der Waals surface area contributed by atoms with Crippen LogP contribution in [0.4, 0.5) is 0 Å². The average Bonchev–Trinajstić information content (AvgIpc) is 2.87. The molecule has 0 aliphatic carbocycles. The molecule has 0 bridgehead atoms. The molecule has 0 spiro atoms. The highest BCUT2D eigenvalue weighted by molar-refractivity contribution is 7.16. The first kappa shape index (κ1) is 16.8. The Balaban J connectivity index is 2.06. The Morgan fingerprint density at radius 1 is 1.24 bits per heavy atom. The fourth-order valence-corrected chi connectivity index (χ4v) is 3.59. The number of halogens is 2. The lowest BCUT2D eigenvalue weighted by atomic mass is 9.95. The minimum atomic E-state index is 0.371. The maximum atomic E-state index is 6.12. The number of hydrogen-bond donors (Lipinski definition) is 1. The van der Waals surface area contributed by atoms with Crippen molar-refractivity contribution in [3.8, 4) is 0 Å². The smallest absolute Gasteiger partial charge is 0.0931 e. The van der Waals surface area contributed by atoms with Gasteiger partial charge in [0.2, 0.25) is 0 Å². The molecule has 1 heterocycles. The quantitative estimate of drug-likeness (QED) is 0.706. The second-order valence-electron chi connectivity index (χ2n) is 4.86. The maximum Gasteiger partial charge on any atom is 0.0931 e. The first-order valence-corrected chi connectivity index (χ1v) is 8.45. The summed E-state index contributed by atoms with van der Waals surface area (Å²) in [5.41, 5.74) is 1.25. The fraction of sp³-hybridized carbons (Fsp3) is 0.375. The summed E-state index contributed by atoms with van der Waals surface area (Å²) in [6, 6.07) is 12.1. The van der Waals surface area contributed by atoms with E-state index in [0.717, 1.165) is 28.9 Å². The predicted molar refractivity (Wildman–Crippen MR) is 92.0 cm³/mol. The summed E-state index contributed by atoms with van der Waals surface area (Å²) >= 11 is 13.8. The van der Waals surface area contributed by atoms with Crippen molar-refractivity contribution in [3.05, 3.63) is 56.2 Å². The molecule has 2 rings (SSSR count). The number of thiophene rings is 1. The van der Waals surface area contributed by atoms with Crippen LogP contribution in [0.2, 0.25) is 9.36 Å². The van der Waals surface area contributed by atoms with Gasteiger partial charge < -0.3 is 10.1 Å². The molecule has 1 aromatic heterocycles. The Labute approximate surface area is 140 Å². The van der Waals surface area contributed by atoms with Gasteiger partial charge in [0.05, 0.1) is 10.9 Å². The topological polar surface area (TPSA) is 21.3 Å². The van der Waals surface area contributed by atoms with Crippen molar-refractivity contribution < 1.29 is 4.74 Å². The van der Waals surface area contributed by atoms with E-state index in [1.165, 1.54) is 10.4 Å². The minimum Gasteiger partial charge on any atom is -0.383 e. The van der Waals surface area contributed by atoms with E-state index in [0.29, 0.717) is 12.5 Å². The molecule has 0 saturated heterocycles. The third-order valence-corrected chi connectivity index (χ3v) is 4.76. The summed E-state index contributed by atoms with van der Waals surface area (Å²) in [4.78, 5) is 1.29. The average molecular weight is 344 g/mol. The van der Waals surface area contributed by atoms with Gasteiger partial charge in [0.15, 0.2) is 0 Å². The van der Waals surface area contributed by atoms with E-state index in [2.05, 4.69) is 17.4 Å². The maximum absolute atomic E-state index is 6.12. The highest BCUT2D eigenvalue weighted by Gasteiger charge is 2.14. The molecule has 5 heteroatoms. The zero-order chi connectivity index (χ0) is 15.1. The Hall–Kier alpha value is -0.580. The largest absolute Gasteiger partial charge is 0.383 e. The molecule has 114 valence electrons. The van der Waals surface area contributed by atoms with Gasteiger partial charge in [0.1, 0.15) is 0 Å². The lowest BCUT2D eigenvalue weighted by molar-refractivity contribution is 0.199. The molecule has 0 fully saturated rings. The zero-order valence-corrected chi connectivity index (χ0v) is 14.3. The summed E-state index contributed by atoms with van der Waals surface area (Å²) in [5.74, 6) is 0.371. The van der Waals surface area contributed by atoms with Crippen molar-refractivity contribution in [2.45, 2.75) is 12.3 Å². The zero-order valence-electron chi connectivity index (χ0n) is 11.9. The third-order valence-electron chi connectivity index (χ3n) is 3.27. The number of rotatable bonds is 8. The van der Waals surface area contributed by atoms with Gasteiger partial charge in [-0.25, -0.2) is 0 Å². The van der Waals surface area contributed by atoms with Crippen LogP contribution < -0.4 is 5.32 Å². The van der Waals surface area contributed by atoms with E-state index < -0.39 is 0 Å².